The lowest BCUT2D eigenvalue weighted by molar-refractivity contribution is -0.274. The lowest BCUT2D eigenvalue weighted by Gasteiger charge is -2.10. The van der Waals surface area contributed by atoms with Gasteiger partial charge >= 0.3 is 6.36 Å². The van der Waals surface area contributed by atoms with Gasteiger partial charge in [-0.3, -0.25) is 4.84 Å². The van der Waals surface area contributed by atoms with Gasteiger partial charge in [0.1, 0.15) is 5.75 Å². The third-order valence-electron chi connectivity index (χ3n) is 1.66. The van der Waals surface area contributed by atoms with Crippen LogP contribution in [0.2, 0.25) is 0 Å². The fourth-order valence-electron chi connectivity index (χ4n) is 1.02. The first-order valence-corrected chi connectivity index (χ1v) is 6.22. The summed E-state index contributed by atoms with van der Waals surface area (Å²) in [5, 5.41) is 0. The van der Waals surface area contributed by atoms with E-state index in [1.807, 2.05) is 0 Å². The summed E-state index contributed by atoms with van der Waals surface area (Å²) in [7, 11) is -4.02. The van der Waals surface area contributed by atoms with Crippen molar-refractivity contribution >= 4 is 10.0 Å². The van der Waals surface area contributed by atoms with E-state index in [1.165, 1.54) is 0 Å². The van der Waals surface area contributed by atoms with Gasteiger partial charge in [-0.05, 0) is 19.1 Å². The molecule has 0 saturated carbocycles. The normalized spacial score (nSPS) is 12.4. The van der Waals surface area contributed by atoms with Crippen LogP contribution in [0.5, 0.6) is 5.75 Å². The Kier molecular flexibility index (Phi) is 4.54. The summed E-state index contributed by atoms with van der Waals surface area (Å²) < 4.78 is 62.6. The van der Waals surface area contributed by atoms with Gasteiger partial charge < -0.3 is 4.74 Å². The maximum absolute atomic E-state index is 12.0. The molecule has 0 amide bonds. The molecule has 0 atom stereocenters. The zero-order chi connectivity index (χ0) is 13.8. The highest BCUT2D eigenvalue weighted by atomic mass is 32.2. The maximum atomic E-state index is 12.0. The van der Waals surface area contributed by atoms with Crippen molar-refractivity contribution in [1.82, 2.24) is 4.89 Å². The molecule has 1 rings (SSSR count). The first-order chi connectivity index (χ1) is 8.24. The van der Waals surface area contributed by atoms with Crippen molar-refractivity contribution in [2.24, 2.45) is 0 Å². The van der Waals surface area contributed by atoms with Gasteiger partial charge in [-0.15, -0.1) is 13.2 Å². The standard InChI is InChI=1S/C9H10F3NO4S/c1-2-16-13-18(14,15)8-5-3-4-7(6-8)17-9(10,11)12/h3-6,13H,2H2,1H3. The molecule has 1 N–H and O–H groups in total. The largest absolute Gasteiger partial charge is 0.573 e. The van der Waals surface area contributed by atoms with Crippen LogP contribution in [-0.2, 0) is 14.9 Å². The van der Waals surface area contributed by atoms with E-state index in [0.717, 1.165) is 24.3 Å². The minimum absolute atomic E-state index is 0.0813. The van der Waals surface area contributed by atoms with Crippen LogP contribution in [0.1, 0.15) is 6.92 Å². The molecule has 0 unspecified atom stereocenters. The molecule has 1 aromatic rings. The van der Waals surface area contributed by atoms with E-state index in [9.17, 15) is 21.6 Å². The average Bonchev–Trinajstić information content (AvgIpc) is 2.24. The molecule has 0 heterocycles. The fraction of sp³-hybridized carbons (Fsp3) is 0.333. The summed E-state index contributed by atoms with van der Waals surface area (Å²) in [6.45, 7) is 1.63. The van der Waals surface area contributed by atoms with Crippen LogP contribution < -0.4 is 9.62 Å². The summed E-state index contributed by atoms with van der Waals surface area (Å²) in [6, 6.07) is 3.98. The number of hydrogen-bond donors (Lipinski definition) is 1. The Labute approximate surface area is 102 Å². The van der Waals surface area contributed by atoms with Gasteiger partial charge in [-0.1, -0.05) is 11.0 Å². The first-order valence-electron chi connectivity index (χ1n) is 4.74. The number of sulfonamides is 1. The zero-order valence-corrected chi connectivity index (χ0v) is 10.0. The number of rotatable bonds is 5. The second kappa shape index (κ2) is 5.55. The molecular formula is C9H10F3NO4S. The molecule has 0 fully saturated rings. The lowest BCUT2D eigenvalue weighted by atomic mass is 10.3. The number of hydrogen-bond acceptors (Lipinski definition) is 4. The molecule has 0 aromatic heterocycles. The molecule has 18 heavy (non-hydrogen) atoms. The van der Waals surface area contributed by atoms with Crippen molar-refractivity contribution < 1.29 is 31.2 Å². The van der Waals surface area contributed by atoms with Crippen LogP contribution in [0.25, 0.3) is 0 Å². The minimum Gasteiger partial charge on any atom is -0.406 e. The highest BCUT2D eigenvalue weighted by Crippen LogP contribution is 2.24. The molecule has 102 valence electrons. The zero-order valence-electron chi connectivity index (χ0n) is 9.19. The number of benzene rings is 1. The topological polar surface area (TPSA) is 64.6 Å². The molecule has 9 heteroatoms. The molecular weight excluding hydrogens is 275 g/mol. The average molecular weight is 285 g/mol. The fourth-order valence-corrected chi connectivity index (χ4v) is 1.92. The van der Waals surface area contributed by atoms with E-state index in [4.69, 9.17) is 0 Å². The predicted octanol–water partition coefficient (Wildman–Crippen LogP) is 1.82. The summed E-state index contributed by atoms with van der Waals surface area (Å²) in [5.41, 5.74) is 0. The van der Waals surface area contributed by atoms with E-state index >= 15 is 0 Å². The van der Waals surface area contributed by atoms with Crippen molar-refractivity contribution in [3.05, 3.63) is 24.3 Å². The second-order valence-electron chi connectivity index (χ2n) is 3.04. The molecule has 5 nitrogen and oxygen atoms in total. The van der Waals surface area contributed by atoms with E-state index in [0.29, 0.717) is 0 Å². The summed E-state index contributed by atoms with van der Waals surface area (Å²) >= 11 is 0. The quantitative estimate of drug-likeness (QED) is 0.838. The van der Waals surface area contributed by atoms with Crippen molar-refractivity contribution in [2.75, 3.05) is 6.61 Å². The lowest BCUT2D eigenvalue weighted by Crippen LogP contribution is -2.24. The maximum Gasteiger partial charge on any atom is 0.573 e. The second-order valence-corrected chi connectivity index (χ2v) is 4.69. The Morgan fingerprint density at radius 1 is 1.33 bits per heavy atom. The molecule has 0 saturated heterocycles. The van der Waals surface area contributed by atoms with Gasteiger partial charge in [0.05, 0.1) is 11.5 Å². The van der Waals surface area contributed by atoms with Crippen LogP contribution in [-0.4, -0.2) is 21.4 Å². The number of ether oxygens (including phenoxy) is 1. The van der Waals surface area contributed by atoms with E-state index in [2.05, 4.69) is 9.57 Å². The highest BCUT2D eigenvalue weighted by Gasteiger charge is 2.31. The monoisotopic (exact) mass is 285 g/mol. The molecule has 0 aliphatic carbocycles. The number of nitrogens with one attached hydrogen (secondary N) is 1. The van der Waals surface area contributed by atoms with E-state index in [1.54, 1.807) is 11.8 Å². The summed E-state index contributed by atoms with van der Waals surface area (Å²) in [5.74, 6) is -0.623. The van der Waals surface area contributed by atoms with Gasteiger partial charge in [0.25, 0.3) is 10.0 Å². The summed E-state index contributed by atoms with van der Waals surface area (Å²) in [6.07, 6.45) is -4.88. The van der Waals surface area contributed by atoms with Crippen molar-refractivity contribution in [1.29, 1.82) is 0 Å². The van der Waals surface area contributed by atoms with Gasteiger partial charge in [0.15, 0.2) is 0 Å². The Balaban J connectivity index is 2.95. The minimum atomic E-state index is -4.88. The van der Waals surface area contributed by atoms with Gasteiger partial charge in [-0.25, -0.2) is 8.42 Å². The number of halogens is 3. The smallest absolute Gasteiger partial charge is 0.406 e. The third-order valence-corrected chi connectivity index (χ3v) is 2.87. The molecule has 1 aromatic carbocycles. The highest BCUT2D eigenvalue weighted by molar-refractivity contribution is 7.89. The van der Waals surface area contributed by atoms with Gasteiger partial charge in [0, 0.05) is 6.07 Å². The Morgan fingerprint density at radius 3 is 2.56 bits per heavy atom. The van der Waals surface area contributed by atoms with E-state index < -0.39 is 27.0 Å². The van der Waals surface area contributed by atoms with Crippen molar-refractivity contribution in [3.8, 4) is 5.75 Å². The van der Waals surface area contributed by atoms with Crippen molar-refractivity contribution in [2.45, 2.75) is 18.2 Å². The molecule has 0 spiro atoms. The molecule has 0 aliphatic rings. The van der Waals surface area contributed by atoms with Crippen LogP contribution in [0.4, 0.5) is 13.2 Å². The van der Waals surface area contributed by atoms with Crippen LogP contribution in [0.3, 0.4) is 0 Å². The molecule has 0 aliphatic heterocycles. The molecule has 0 radical (unpaired) electrons. The van der Waals surface area contributed by atoms with Crippen LogP contribution in [0, 0.1) is 0 Å². The number of alkyl halides is 3. The van der Waals surface area contributed by atoms with Gasteiger partial charge in [-0.2, -0.15) is 0 Å². The molecule has 0 bridgehead atoms. The van der Waals surface area contributed by atoms with E-state index in [-0.39, 0.29) is 6.61 Å². The predicted molar refractivity (Wildman–Crippen MR) is 55.1 cm³/mol. The Hall–Kier alpha value is -1.32. The Morgan fingerprint density at radius 2 is 2.00 bits per heavy atom. The van der Waals surface area contributed by atoms with Crippen LogP contribution in [0.15, 0.2) is 29.2 Å². The Bertz CT molecular complexity index is 501. The van der Waals surface area contributed by atoms with Crippen molar-refractivity contribution in [3.63, 3.8) is 0 Å². The summed E-state index contributed by atoms with van der Waals surface area (Å²) in [4.78, 5) is 5.85. The van der Waals surface area contributed by atoms with Gasteiger partial charge in [0.2, 0.25) is 0 Å². The third kappa shape index (κ3) is 4.51. The SMILES string of the molecule is CCONS(=O)(=O)c1cccc(OC(F)(F)F)c1. The first kappa shape index (κ1) is 14.7. The van der Waals surface area contributed by atoms with Crippen LogP contribution >= 0.6 is 0 Å².